The first-order valence-corrected chi connectivity index (χ1v) is 15.0. The summed E-state index contributed by atoms with van der Waals surface area (Å²) in [6, 6.07) is 9.06. The third-order valence-electron chi connectivity index (χ3n) is 6.49. The number of urea groups is 1. The molecule has 1 aliphatic rings. The number of anilines is 1. The summed E-state index contributed by atoms with van der Waals surface area (Å²) >= 11 is 3.09. The molecule has 3 rings (SSSR count). The minimum Gasteiger partial charge on any atom is -0.317 e. The summed E-state index contributed by atoms with van der Waals surface area (Å²) in [5, 5.41) is 4.85. The van der Waals surface area contributed by atoms with Crippen molar-refractivity contribution in [2.45, 2.75) is 94.8 Å². The fraction of sp³-hybridized carbons (Fsp3) is 0.593. The second-order valence-corrected chi connectivity index (χ2v) is 11.2. The molecule has 1 heterocycles. The number of amides is 2. The van der Waals surface area contributed by atoms with Crippen LogP contribution >= 0.6 is 23.5 Å². The lowest BCUT2D eigenvalue weighted by molar-refractivity contribution is 0.175. The van der Waals surface area contributed by atoms with Gasteiger partial charge in [-0.05, 0) is 62.2 Å². The van der Waals surface area contributed by atoms with Gasteiger partial charge in [-0.3, -0.25) is 0 Å². The Bertz CT molecular complexity index is 900. The van der Waals surface area contributed by atoms with Gasteiger partial charge in [-0.25, -0.2) is 14.8 Å². The first-order valence-electron chi connectivity index (χ1n) is 12.5. The Morgan fingerprint density at radius 1 is 1.00 bits per heavy atom. The molecule has 0 saturated heterocycles. The van der Waals surface area contributed by atoms with Gasteiger partial charge in [0.25, 0.3) is 0 Å². The molecule has 1 saturated carbocycles. The van der Waals surface area contributed by atoms with Gasteiger partial charge in [-0.1, -0.05) is 63.8 Å². The van der Waals surface area contributed by atoms with Gasteiger partial charge in [0.05, 0.1) is 0 Å². The minimum absolute atomic E-state index is 0.0474. The highest BCUT2D eigenvalue weighted by molar-refractivity contribution is 7.99. The highest BCUT2D eigenvalue weighted by atomic mass is 32.2. The topological polar surface area (TPSA) is 58.1 Å². The van der Waals surface area contributed by atoms with Crippen LogP contribution in [0.25, 0.3) is 0 Å². The van der Waals surface area contributed by atoms with E-state index < -0.39 is 0 Å². The summed E-state index contributed by atoms with van der Waals surface area (Å²) in [6.07, 6.45) is 13.3. The van der Waals surface area contributed by atoms with Crippen LogP contribution < -0.4 is 5.32 Å². The number of hydrogen-bond acceptors (Lipinski definition) is 5. The third-order valence-corrected chi connectivity index (χ3v) is 7.85. The van der Waals surface area contributed by atoms with Gasteiger partial charge in [-0.15, -0.1) is 23.5 Å². The van der Waals surface area contributed by atoms with Crippen molar-refractivity contribution in [2.24, 2.45) is 5.92 Å². The number of carbonyl (C=O) groups is 1. The van der Waals surface area contributed by atoms with Crippen molar-refractivity contribution in [3.05, 3.63) is 41.2 Å². The number of nitrogens with one attached hydrogen (secondary N) is 1. The van der Waals surface area contributed by atoms with E-state index in [2.05, 4.69) is 58.3 Å². The molecule has 2 amide bonds. The Morgan fingerprint density at radius 3 is 2.09 bits per heavy atom. The smallest absolute Gasteiger partial charge is 0.317 e. The summed E-state index contributed by atoms with van der Waals surface area (Å²) in [5.74, 6) is 1.43. The average molecular weight is 501 g/mol. The van der Waals surface area contributed by atoms with Gasteiger partial charge >= 0.3 is 6.03 Å². The second kappa shape index (κ2) is 13.4. The van der Waals surface area contributed by atoms with E-state index in [1.807, 2.05) is 19.4 Å². The van der Waals surface area contributed by atoms with Crippen molar-refractivity contribution >= 4 is 35.2 Å². The van der Waals surface area contributed by atoms with Crippen LogP contribution in [0.2, 0.25) is 0 Å². The Hall–Kier alpha value is -1.73. The van der Waals surface area contributed by atoms with Crippen molar-refractivity contribution < 1.29 is 4.79 Å². The van der Waals surface area contributed by atoms with E-state index in [0.717, 1.165) is 40.8 Å². The molecule has 1 aromatic carbocycles. The SMILES string of the molecule is CSc1nc(C)nc(SC)c1NC(=O)N(Cc1ccc(CCC(C)C)cc1)C1CCCCCC1. The van der Waals surface area contributed by atoms with Gasteiger partial charge in [0.2, 0.25) is 0 Å². The number of hydrogen-bond donors (Lipinski definition) is 1. The lowest BCUT2D eigenvalue weighted by Crippen LogP contribution is -2.42. The molecule has 1 aromatic heterocycles. The predicted octanol–water partition coefficient (Wildman–Crippen LogP) is 7.57. The zero-order valence-corrected chi connectivity index (χ0v) is 23.0. The Balaban J connectivity index is 1.83. The second-order valence-electron chi connectivity index (χ2n) is 9.62. The van der Waals surface area contributed by atoms with Crippen LogP contribution in [-0.2, 0) is 13.0 Å². The Labute approximate surface area is 214 Å². The van der Waals surface area contributed by atoms with Gasteiger partial charge in [-0.2, -0.15) is 0 Å². The molecule has 7 heteroatoms. The molecule has 1 N–H and O–H groups in total. The first kappa shape index (κ1) is 26.9. The van der Waals surface area contributed by atoms with Crippen molar-refractivity contribution in [1.82, 2.24) is 14.9 Å². The van der Waals surface area contributed by atoms with Crippen LogP contribution in [0.3, 0.4) is 0 Å². The quantitative estimate of drug-likeness (QED) is 0.218. The van der Waals surface area contributed by atoms with Crippen molar-refractivity contribution in [3.8, 4) is 0 Å². The largest absolute Gasteiger partial charge is 0.322 e. The van der Waals surface area contributed by atoms with Crippen LogP contribution in [0.4, 0.5) is 10.5 Å². The maximum absolute atomic E-state index is 13.7. The summed E-state index contributed by atoms with van der Waals surface area (Å²) in [6.45, 7) is 7.05. The summed E-state index contributed by atoms with van der Waals surface area (Å²) in [7, 11) is 0. The maximum atomic E-state index is 13.7. The van der Waals surface area contributed by atoms with Crippen molar-refractivity contribution in [2.75, 3.05) is 17.8 Å². The Morgan fingerprint density at radius 2 is 1.56 bits per heavy atom. The van der Waals surface area contributed by atoms with E-state index in [1.165, 1.54) is 43.2 Å². The van der Waals surface area contributed by atoms with Gasteiger partial charge in [0.1, 0.15) is 21.6 Å². The van der Waals surface area contributed by atoms with E-state index in [9.17, 15) is 4.79 Å². The van der Waals surface area contributed by atoms with E-state index in [-0.39, 0.29) is 12.1 Å². The van der Waals surface area contributed by atoms with E-state index in [1.54, 1.807) is 23.5 Å². The highest BCUT2D eigenvalue weighted by Crippen LogP contribution is 2.33. The molecule has 2 aromatic rings. The summed E-state index contributed by atoms with van der Waals surface area (Å²) in [5.41, 5.74) is 3.29. The number of aryl methyl sites for hydroxylation is 2. The normalized spacial score (nSPS) is 14.8. The standard InChI is InChI=1S/C27H40N4OS2/c1-19(2)12-13-21-14-16-22(17-15-21)18-31(23-10-8-6-7-9-11-23)27(32)30-24-25(33-4)28-20(3)29-26(24)34-5/h14-17,19,23H,6-13,18H2,1-5H3,(H,30,32). The average Bonchev–Trinajstić information content (AvgIpc) is 3.12. The molecule has 0 radical (unpaired) electrons. The van der Waals surface area contributed by atoms with Crippen LogP contribution in [-0.4, -0.2) is 39.5 Å². The van der Waals surface area contributed by atoms with Crippen LogP contribution in [0.15, 0.2) is 34.3 Å². The number of benzene rings is 1. The zero-order valence-electron chi connectivity index (χ0n) is 21.4. The number of aromatic nitrogens is 2. The summed E-state index contributed by atoms with van der Waals surface area (Å²) in [4.78, 5) is 24.9. The number of nitrogens with zero attached hydrogens (tertiary/aromatic N) is 3. The first-order chi connectivity index (χ1) is 16.4. The van der Waals surface area contributed by atoms with Crippen LogP contribution in [0.5, 0.6) is 0 Å². The lowest BCUT2D eigenvalue weighted by atomic mass is 10.0. The molecular formula is C27H40N4OS2. The minimum atomic E-state index is -0.0474. The fourth-order valence-corrected chi connectivity index (χ4v) is 5.72. The maximum Gasteiger partial charge on any atom is 0.322 e. The molecule has 0 spiro atoms. The highest BCUT2D eigenvalue weighted by Gasteiger charge is 2.27. The number of rotatable bonds is 9. The monoisotopic (exact) mass is 500 g/mol. The molecule has 1 fully saturated rings. The van der Waals surface area contributed by atoms with Gasteiger partial charge < -0.3 is 10.2 Å². The zero-order chi connectivity index (χ0) is 24.5. The molecular weight excluding hydrogens is 460 g/mol. The number of carbonyl (C=O) groups excluding carboxylic acids is 1. The van der Waals surface area contributed by atoms with E-state index >= 15 is 0 Å². The molecule has 186 valence electrons. The molecule has 5 nitrogen and oxygen atoms in total. The van der Waals surface area contributed by atoms with E-state index in [4.69, 9.17) is 0 Å². The van der Waals surface area contributed by atoms with Crippen molar-refractivity contribution in [1.29, 1.82) is 0 Å². The summed E-state index contributed by atoms with van der Waals surface area (Å²) < 4.78 is 0. The molecule has 0 atom stereocenters. The van der Waals surface area contributed by atoms with Crippen LogP contribution in [0, 0.1) is 12.8 Å². The molecule has 1 aliphatic carbocycles. The van der Waals surface area contributed by atoms with Crippen LogP contribution in [0.1, 0.15) is 75.7 Å². The molecule has 0 unspecified atom stereocenters. The number of thioether (sulfide) groups is 2. The molecule has 0 aliphatic heterocycles. The third kappa shape index (κ3) is 7.64. The molecule has 34 heavy (non-hydrogen) atoms. The lowest BCUT2D eigenvalue weighted by Gasteiger charge is -2.32. The Kier molecular flexibility index (Phi) is 10.6. The van der Waals surface area contributed by atoms with E-state index in [0.29, 0.717) is 12.5 Å². The predicted molar refractivity (Wildman–Crippen MR) is 146 cm³/mol. The molecule has 0 bridgehead atoms. The van der Waals surface area contributed by atoms with Crippen molar-refractivity contribution in [3.63, 3.8) is 0 Å². The fourth-order valence-electron chi connectivity index (χ4n) is 4.50. The van der Waals surface area contributed by atoms with Gasteiger partial charge in [0, 0.05) is 12.6 Å². The van der Waals surface area contributed by atoms with Gasteiger partial charge in [0.15, 0.2) is 0 Å².